The van der Waals surface area contributed by atoms with Gasteiger partial charge in [-0.05, 0) is 39.3 Å². The summed E-state index contributed by atoms with van der Waals surface area (Å²) in [6, 6.07) is 7.15. The number of ether oxygens (including phenoxy) is 3. The lowest BCUT2D eigenvalue weighted by molar-refractivity contribution is -0.131. The highest BCUT2D eigenvalue weighted by molar-refractivity contribution is 5.82. The molecule has 2 aliphatic rings. The third-order valence-electron chi connectivity index (χ3n) is 3.99. The summed E-state index contributed by atoms with van der Waals surface area (Å²) in [6.45, 7) is 6.66. The summed E-state index contributed by atoms with van der Waals surface area (Å²) in [4.78, 5) is 26.1. The molecule has 1 aromatic carbocycles. The Morgan fingerprint density at radius 1 is 1.24 bits per heavy atom. The number of benzene rings is 1. The minimum absolute atomic E-state index is 0.110. The van der Waals surface area contributed by atoms with Crippen LogP contribution in [-0.4, -0.2) is 54.3 Å². The molecule has 2 heterocycles. The lowest BCUT2D eigenvalue weighted by atomic mass is 10.2. The van der Waals surface area contributed by atoms with Crippen LogP contribution in [0.4, 0.5) is 4.79 Å². The zero-order valence-corrected chi connectivity index (χ0v) is 14.8. The Labute approximate surface area is 147 Å². The number of nitrogens with one attached hydrogen (secondary N) is 1. The summed E-state index contributed by atoms with van der Waals surface area (Å²) >= 11 is 0. The maximum absolute atomic E-state index is 12.4. The van der Waals surface area contributed by atoms with Gasteiger partial charge in [-0.3, -0.25) is 4.79 Å². The Balaban J connectivity index is 1.50. The maximum atomic E-state index is 12.4. The molecule has 136 valence electrons. The van der Waals surface area contributed by atoms with Gasteiger partial charge in [0.25, 0.3) is 5.91 Å². The molecular weight excluding hydrogens is 324 g/mol. The molecule has 0 aromatic heterocycles. The van der Waals surface area contributed by atoms with Crippen LogP contribution in [0.3, 0.4) is 0 Å². The van der Waals surface area contributed by atoms with Crippen LogP contribution in [0.5, 0.6) is 11.5 Å². The first kappa shape index (κ1) is 17.4. The van der Waals surface area contributed by atoms with Crippen molar-refractivity contribution >= 4 is 12.0 Å². The van der Waals surface area contributed by atoms with Crippen molar-refractivity contribution in [2.75, 3.05) is 19.7 Å². The Hall–Kier alpha value is -2.44. The molecule has 1 fully saturated rings. The minimum Gasteiger partial charge on any atom is -0.485 e. The largest absolute Gasteiger partial charge is 0.485 e. The first-order valence-electron chi connectivity index (χ1n) is 8.48. The van der Waals surface area contributed by atoms with Gasteiger partial charge in [-0.25, -0.2) is 4.79 Å². The van der Waals surface area contributed by atoms with E-state index < -0.39 is 11.7 Å². The molecule has 0 aliphatic carbocycles. The van der Waals surface area contributed by atoms with Crippen molar-refractivity contribution in [3.8, 4) is 11.5 Å². The van der Waals surface area contributed by atoms with Gasteiger partial charge in [0.2, 0.25) is 6.10 Å². The Kier molecular flexibility index (Phi) is 4.74. The number of para-hydroxylation sites is 2. The number of carbonyl (C=O) groups is 2. The van der Waals surface area contributed by atoms with Gasteiger partial charge in [0.1, 0.15) is 12.2 Å². The number of likely N-dealkylation sites (tertiary alicyclic amines) is 1. The second-order valence-corrected chi connectivity index (χ2v) is 7.28. The number of fused-ring (bicyclic) bond motifs is 1. The van der Waals surface area contributed by atoms with Crippen molar-refractivity contribution < 1.29 is 23.8 Å². The van der Waals surface area contributed by atoms with Crippen molar-refractivity contribution in [3.63, 3.8) is 0 Å². The summed E-state index contributed by atoms with van der Waals surface area (Å²) in [5.41, 5.74) is -0.529. The molecule has 2 aliphatic heterocycles. The fraction of sp³-hybridized carbons (Fsp3) is 0.556. The van der Waals surface area contributed by atoms with Gasteiger partial charge in [-0.2, -0.15) is 0 Å². The van der Waals surface area contributed by atoms with Crippen LogP contribution in [0.1, 0.15) is 27.2 Å². The van der Waals surface area contributed by atoms with Crippen LogP contribution in [0.25, 0.3) is 0 Å². The highest BCUT2D eigenvalue weighted by Crippen LogP contribution is 2.31. The van der Waals surface area contributed by atoms with E-state index in [0.717, 1.165) is 0 Å². The standard InChI is InChI=1S/C18H24N2O5/c1-18(2,3)25-17(22)20-9-8-12(10-20)19-16(21)15-11-23-13-6-4-5-7-14(13)24-15/h4-7,12,15H,8-11H2,1-3H3,(H,19,21)/t12-,15-/m0/s1. The quantitative estimate of drug-likeness (QED) is 0.884. The van der Waals surface area contributed by atoms with Gasteiger partial charge >= 0.3 is 6.09 Å². The van der Waals surface area contributed by atoms with E-state index in [1.54, 1.807) is 17.0 Å². The molecule has 7 nitrogen and oxygen atoms in total. The molecule has 0 unspecified atom stereocenters. The SMILES string of the molecule is CC(C)(C)OC(=O)N1CC[C@H](NC(=O)[C@@H]2COc3ccccc3O2)C1. The fourth-order valence-corrected chi connectivity index (χ4v) is 2.81. The van der Waals surface area contributed by atoms with Crippen molar-refractivity contribution in [2.24, 2.45) is 0 Å². The normalized spacial score (nSPS) is 22.4. The zero-order valence-electron chi connectivity index (χ0n) is 14.8. The van der Waals surface area contributed by atoms with Crippen molar-refractivity contribution in [2.45, 2.75) is 44.9 Å². The predicted molar refractivity (Wildman–Crippen MR) is 90.7 cm³/mol. The van der Waals surface area contributed by atoms with Gasteiger partial charge in [0, 0.05) is 19.1 Å². The van der Waals surface area contributed by atoms with E-state index in [-0.39, 0.29) is 24.6 Å². The topological polar surface area (TPSA) is 77.1 Å². The summed E-state index contributed by atoms with van der Waals surface area (Å²) < 4.78 is 16.6. The highest BCUT2D eigenvalue weighted by atomic mass is 16.6. The Morgan fingerprint density at radius 2 is 1.96 bits per heavy atom. The van der Waals surface area contributed by atoms with Crippen LogP contribution < -0.4 is 14.8 Å². The third-order valence-corrected chi connectivity index (χ3v) is 3.99. The van der Waals surface area contributed by atoms with Gasteiger partial charge in [-0.1, -0.05) is 12.1 Å². The number of carbonyl (C=O) groups excluding carboxylic acids is 2. The third kappa shape index (κ3) is 4.35. The molecule has 2 atom stereocenters. The van der Waals surface area contributed by atoms with Crippen LogP contribution in [0.2, 0.25) is 0 Å². The number of amides is 2. The monoisotopic (exact) mass is 348 g/mol. The summed E-state index contributed by atoms with van der Waals surface area (Å²) in [5.74, 6) is 0.977. The van der Waals surface area contributed by atoms with Crippen LogP contribution >= 0.6 is 0 Å². The second kappa shape index (κ2) is 6.82. The van der Waals surface area contributed by atoms with E-state index in [9.17, 15) is 9.59 Å². The molecule has 1 aromatic rings. The lowest BCUT2D eigenvalue weighted by Gasteiger charge is -2.27. The zero-order chi connectivity index (χ0) is 18.0. The molecule has 0 radical (unpaired) electrons. The van der Waals surface area contributed by atoms with E-state index in [2.05, 4.69) is 5.32 Å². The van der Waals surface area contributed by atoms with E-state index in [4.69, 9.17) is 14.2 Å². The van der Waals surface area contributed by atoms with Crippen LogP contribution in [0.15, 0.2) is 24.3 Å². The molecule has 0 saturated carbocycles. The second-order valence-electron chi connectivity index (χ2n) is 7.28. The Bertz CT molecular complexity index is 655. The van der Waals surface area contributed by atoms with Crippen molar-refractivity contribution in [1.29, 1.82) is 0 Å². The summed E-state index contributed by atoms with van der Waals surface area (Å²) in [5, 5.41) is 2.93. The van der Waals surface area contributed by atoms with Gasteiger partial charge in [0.15, 0.2) is 11.5 Å². The number of rotatable bonds is 2. The first-order chi connectivity index (χ1) is 11.8. The molecule has 3 rings (SSSR count). The predicted octanol–water partition coefficient (Wildman–Crippen LogP) is 1.95. The molecule has 2 amide bonds. The van der Waals surface area contributed by atoms with Crippen LogP contribution in [-0.2, 0) is 9.53 Å². The van der Waals surface area contributed by atoms with E-state index >= 15 is 0 Å². The number of nitrogens with zero attached hydrogens (tertiary/aromatic N) is 1. The lowest BCUT2D eigenvalue weighted by Crippen LogP contribution is -2.48. The minimum atomic E-state index is -0.689. The van der Waals surface area contributed by atoms with Crippen LogP contribution in [0, 0.1) is 0 Å². The molecule has 0 spiro atoms. The smallest absolute Gasteiger partial charge is 0.410 e. The number of hydrogen-bond acceptors (Lipinski definition) is 5. The van der Waals surface area contributed by atoms with E-state index in [1.807, 2.05) is 32.9 Å². The van der Waals surface area contributed by atoms with Crippen molar-refractivity contribution in [1.82, 2.24) is 10.2 Å². The molecule has 0 bridgehead atoms. The average Bonchev–Trinajstić information content (AvgIpc) is 3.01. The average molecular weight is 348 g/mol. The first-order valence-corrected chi connectivity index (χ1v) is 8.48. The van der Waals surface area contributed by atoms with Gasteiger partial charge in [-0.15, -0.1) is 0 Å². The molecule has 1 N–H and O–H groups in total. The molecule has 7 heteroatoms. The highest BCUT2D eigenvalue weighted by Gasteiger charge is 2.33. The number of hydrogen-bond donors (Lipinski definition) is 1. The molecular formula is C18H24N2O5. The molecule has 25 heavy (non-hydrogen) atoms. The van der Waals surface area contributed by atoms with Gasteiger partial charge in [0.05, 0.1) is 0 Å². The summed E-state index contributed by atoms with van der Waals surface area (Å²) in [7, 11) is 0. The Morgan fingerprint density at radius 3 is 2.68 bits per heavy atom. The summed E-state index contributed by atoms with van der Waals surface area (Å²) in [6.07, 6.45) is -0.351. The van der Waals surface area contributed by atoms with Gasteiger partial charge < -0.3 is 24.4 Å². The fourth-order valence-electron chi connectivity index (χ4n) is 2.81. The maximum Gasteiger partial charge on any atom is 0.410 e. The van der Waals surface area contributed by atoms with E-state index in [1.165, 1.54) is 0 Å². The van der Waals surface area contributed by atoms with Crippen molar-refractivity contribution in [3.05, 3.63) is 24.3 Å². The van der Waals surface area contributed by atoms with E-state index in [0.29, 0.717) is 31.0 Å². The molecule has 1 saturated heterocycles.